The SMILES string of the molecule is C=C[Si]C(C)(C)c1ccc(C=C)cc1. The average Bonchev–Trinajstić information content (AvgIpc) is 2.18. The van der Waals surface area contributed by atoms with Crippen molar-refractivity contribution in [2.45, 2.75) is 18.9 Å². The van der Waals surface area contributed by atoms with Crippen LogP contribution in [0.2, 0.25) is 0 Å². The van der Waals surface area contributed by atoms with Gasteiger partial charge in [0.15, 0.2) is 0 Å². The van der Waals surface area contributed by atoms with Gasteiger partial charge in [0.1, 0.15) is 0 Å². The fraction of sp³-hybridized carbons (Fsp3) is 0.231. The van der Waals surface area contributed by atoms with Crippen molar-refractivity contribution in [1.29, 1.82) is 0 Å². The molecule has 0 unspecified atom stereocenters. The Labute approximate surface area is 89.2 Å². The van der Waals surface area contributed by atoms with E-state index in [0.29, 0.717) is 0 Å². The molecule has 1 aromatic rings. The Kier molecular flexibility index (Phi) is 3.47. The molecule has 0 fully saturated rings. The van der Waals surface area contributed by atoms with Gasteiger partial charge in [-0.1, -0.05) is 50.8 Å². The third kappa shape index (κ3) is 2.45. The maximum Gasteiger partial charge on any atom is 0.0812 e. The predicted molar refractivity (Wildman–Crippen MR) is 65.5 cm³/mol. The van der Waals surface area contributed by atoms with Crippen LogP contribution >= 0.6 is 0 Å². The zero-order chi connectivity index (χ0) is 10.6. The van der Waals surface area contributed by atoms with Gasteiger partial charge in [-0.05, 0) is 16.2 Å². The Bertz CT molecular complexity index is 320. The predicted octanol–water partition coefficient (Wildman–Crippen LogP) is 3.41. The van der Waals surface area contributed by atoms with Crippen LogP contribution in [0.3, 0.4) is 0 Å². The maximum atomic E-state index is 3.80. The average molecular weight is 200 g/mol. The molecule has 0 heterocycles. The second-order valence-electron chi connectivity index (χ2n) is 3.80. The summed E-state index contributed by atoms with van der Waals surface area (Å²) in [6.07, 6.45) is 1.87. The molecule has 0 N–H and O–H groups in total. The number of rotatable bonds is 4. The highest BCUT2D eigenvalue weighted by atomic mass is 28.2. The van der Waals surface area contributed by atoms with Crippen LogP contribution in [0.1, 0.15) is 25.0 Å². The largest absolute Gasteiger partial charge is 0.107 e. The lowest BCUT2D eigenvalue weighted by molar-refractivity contribution is 0.755. The van der Waals surface area contributed by atoms with Crippen LogP contribution in [0.4, 0.5) is 0 Å². The molecule has 2 radical (unpaired) electrons. The van der Waals surface area contributed by atoms with E-state index < -0.39 is 0 Å². The summed E-state index contributed by atoms with van der Waals surface area (Å²) in [4.78, 5) is 0. The first-order valence-corrected chi connectivity index (χ1v) is 5.79. The minimum Gasteiger partial charge on any atom is -0.107 e. The molecule has 0 aliphatic carbocycles. The fourth-order valence-electron chi connectivity index (χ4n) is 1.37. The van der Waals surface area contributed by atoms with Crippen LogP contribution in [0, 0.1) is 0 Å². The standard InChI is InChI=1S/C13H16Si/c1-5-11-7-9-12(10-8-11)13(3,4)14-6-2/h5-10H,1-2H2,3-4H3. The summed E-state index contributed by atoms with van der Waals surface area (Å²) in [7, 11) is 0.755. The Balaban J connectivity index is 2.95. The van der Waals surface area contributed by atoms with E-state index in [4.69, 9.17) is 0 Å². The van der Waals surface area contributed by atoms with Crippen molar-refractivity contribution >= 4 is 15.6 Å². The molecule has 0 nitrogen and oxygen atoms in total. The van der Waals surface area contributed by atoms with Crippen molar-refractivity contribution in [3.05, 3.63) is 54.2 Å². The van der Waals surface area contributed by atoms with Gasteiger partial charge >= 0.3 is 0 Å². The van der Waals surface area contributed by atoms with Gasteiger partial charge in [-0.15, -0.1) is 12.3 Å². The van der Waals surface area contributed by atoms with Gasteiger partial charge < -0.3 is 0 Å². The normalized spacial score (nSPS) is 11.0. The zero-order valence-corrected chi connectivity index (χ0v) is 9.88. The molecule has 0 atom stereocenters. The highest BCUT2D eigenvalue weighted by Gasteiger charge is 2.18. The topological polar surface area (TPSA) is 0 Å². The van der Waals surface area contributed by atoms with Crippen LogP contribution in [0.15, 0.2) is 43.1 Å². The van der Waals surface area contributed by atoms with Crippen LogP contribution in [0.25, 0.3) is 6.08 Å². The van der Waals surface area contributed by atoms with Crippen molar-refractivity contribution < 1.29 is 0 Å². The summed E-state index contributed by atoms with van der Waals surface area (Å²) < 4.78 is 0. The lowest BCUT2D eigenvalue weighted by Crippen LogP contribution is -2.24. The molecule has 0 aromatic heterocycles. The van der Waals surface area contributed by atoms with Crippen molar-refractivity contribution in [2.24, 2.45) is 0 Å². The molecular weight excluding hydrogens is 184 g/mol. The highest BCUT2D eigenvalue weighted by molar-refractivity contribution is 6.45. The van der Waals surface area contributed by atoms with Gasteiger partial charge in [-0.3, -0.25) is 0 Å². The van der Waals surface area contributed by atoms with Gasteiger partial charge in [0, 0.05) is 0 Å². The summed E-state index contributed by atoms with van der Waals surface area (Å²) >= 11 is 0. The van der Waals surface area contributed by atoms with E-state index in [2.05, 4.69) is 51.3 Å². The third-order valence-electron chi connectivity index (χ3n) is 2.33. The van der Waals surface area contributed by atoms with Gasteiger partial charge in [-0.25, -0.2) is 0 Å². The Morgan fingerprint density at radius 2 is 1.71 bits per heavy atom. The lowest BCUT2D eigenvalue weighted by Gasteiger charge is -2.22. The molecule has 0 amide bonds. The number of hydrogen-bond acceptors (Lipinski definition) is 0. The first kappa shape index (κ1) is 11.0. The molecule has 0 aliphatic heterocycles. The van der Waals surface area contributed by atoms with E-state index in [-0.39, 0.29) is 5.04 Å². The number of hydrogen-bond donors (Lipinski definition) is 0. The Hall–Kier alpha value is -1.08. The molecule has 72 valence electrons. The third-order valence-corrected chi connectivity index (χ3v) is 3.55. The molecular formula is C13H16Si. The van der Waals surface area contributed by atoms with Crippen LogP contribution < -0.4 is 0 Å². The van der Waals surface area contributed by atoms with Gasteiger partial charge in [0.2, 0.25) is 0 Å². The second kappa shape index (κ2) is 4.42. The summed E-state index contributed by atoms with van der Waals surface area (Å²) in [5, 5.41) is 0.210. The minimum atomic E-state index is 0.210. The monoisotopic (exact) mass is 200 g/mol. The van der Waals surface area contributed by atoms with E-state index in [1.807, 2.05) is 11.8 Å². The van der Waals surface area contributed by atoms with E-state index in [9.17, 15) is 0 Å². The maximum absolute atomic E-state index is 3.80. The second-order valence-corrected chi connectivity index (χ2v) is 5.75. The summed E-state index contributed by atoms with van der Waals surface area (Å²) in [6.45, 7) is 12.0. The van der Waals surface area contributed by atoms with Crippen LogP contribution in [-0.4, -0.2) is 9.52 Å². The van der Waals surface area contributed by atoms with Crippen molar-refractivity contribution in [3.8, 4) is 0 Å². The molecule has 14 heavy (non-hydrogen) atoms. The smallest absolute Gasteiger partial charge is 0.0812 e. The molecule has 0 saturated carbocycles. The van der Waals surface area contributed by atoms with Gasteiger partial charge in [0.25, 0.3) is 0 Å². The quantitative estimate of drug-likeness (QED) is 0.653. The van der Waals surface area contributed by atoms with E-state index in [1.54, 1.807) is 0 Å². The molecule has 0 saturated heterocycles. The van der Waals surface area contributed by atoms with Crippen LogP contribution in [-0.2, 0) is 5.04 Å². The Morgan fingerprint density at radius 3 is 2.14 bits per heavy atom. The summed E-state index contributed by atoms with van der Waals surface area (Å²) in [6, 6.07) is 8.57. The molecule has 1 heteroatoms. The molecule has 1 rings (SSSR count). The van der Waals surface area contributed by atoms with E-state index >= 15 is 0 Å². The van der Waals surface area contributed by atoms with Crippen molar-refractivity contribution in [3.63, 3.8) is 0 Å². The molecule has 0 spiro atoms. The zero-order valence-electron chi connectivity index (χ0n) is 8.88. The Morgan fingerprint density at radius 1 is 1.14 bits per heavy atom. The fourth-order valence-corrected chi connectivity index (χ4v) is 2.22. The minimum absolute atomic E-state index is 0.210. The first-order chi connectivity index (χ1) is 6.60. The van der Waals surface area contributed by atoms with Gasteiger partial charge in [-0.2, -0.15) is 0 Å². The lowest BCUT2D eigenvalue weighted by atomic mass is 10.0. The molecule has 0 bridgehead atoms. The van der Waals surface area contributed by atoms with Crippen molar-refractivity contribution in [2.75, 3.05) is 0 Å². The number of benzene rings is 1. The molecule has 0 aliphatic rings. The highest BCUT2D eigenvalue weighted by Crippen LogP contribution is 2.22. The first-order valence-electron chi connectivity index (χ1n) is 4.72. The van der Waals surface area contributed by atoms with E-state index in [0.717, 1.165) is 9.52 Å². The van der Waals surface area contributed by atoms with Crippen LogP contribution in [0.5, 0.6) is 0 Å². The molecule has 1 aromatic carbocycles. The van der Waals surface area contributed by atoms with E-state index in [1.165, 1.54) is 11.1 Å². The summed E-state index contributed by atoms with van der Waals surface area (Å²) in [5.74, 6) is 0. The summed E-state index contributed by atoms with van der Waals surface area (Å²) in [5.41, 5.74) is 4.54. The van der Waals surface area contributed by atoms with Crippen molar-refractivity contribution in [1.82, 2.24) is 0 Å². The van der Waals surface area contributed by atoms with Gasteiger partial charge in [0.05, 0.1) is 9.52 Å².